The van der Waals surface area contributed by atoms with Gasteiger partial charge in [0.05, 0.1) is 6.04 Å². The Labute approximate surface area is 83.4 Å². The van der Waals surface area contributed by atoms with E-state index < -0.39 is 12.1 Å². The summed E-state index contributed by atoms with van der Waals surface area (Å²) in [4.78, 5) is 21.5. The molecule has 0 fully saturated rings. The van der Waals surface area contributed by atoms with Crippen LogP contribution >= 0.6 is 0 Å². The lowest BCUT2D eigenvalue weighted by Crippen LogP contribution is -2.46. The lowest BCUT2D eigenvalue weighted by Gasteiger charge is -2.15. The summed E-state index contributed by atoms with van der Waals surface area (Å²) in [5.74, 6) is -0.120. The van der Waals surface area contributed by atoms with Crippen molar-refractivity contribution in [2.45, 2.75) is 19.9 Å². The first-order valence-electron chi connectivity index (χ1n) is 4.51. The van der Waals surface area contributed by atoms with Gasteiger partial charge in [-0.2, -0.15) is 0 Å². The second-order valence-corrected chi connectivity index (χ2v) is 3.35. The predicted octanol–water partition coefficient (Wildman–Crippen LogP) is -1.25. The summed E-state index contributed by atoms with van der Waals surface area (Å²) in [7, 11) is 0. The highest BCUT2D eigenvalue weighted by molar-refractivity contribution is 5.81. The first-order valence-corrected chi connectivity index (χ1v) is 4.51. The Balaban J connectivity index is 3.59. The van der Waals surface area contributed by atoms with E-state index in [9.17, 15) is 9.59 Å². The molecule has 0 aliphatic carbocycles. The van der Waals surface area contributed by atoms with Gasteiger partial charge < -0.3 is 22.1 Å². The van der Waals surface area contributed by atoms with E-state index in [1.165, 1.54) is 0 Å². The second kappa shape index (κ2) is 6.20. The van der Waals surface area contributed by atoms with E-state index in [1.807, 2.05) is 13.8 Å². The van der Waals surface area contributed by atoms with Crippen molar-refractivity contribution in [1.82, 2.24) is 10.6 Å². The van der Waals surface area contributed by atoms with Crippen LogP contribution in [0.2, 0.25) is 0 Å². The summed E-state index contributed by atoms with van der Waals surface area (Å²) >= 11 is 0. The molecule has 0 spiro atoms. The van der Waals surface area contributed by atoms with Crippen molar-refractivity contribution in [3.05, 3.63) is 0 Å². The molecule has 0 radical (unpaired) electrons. The fourth-order valence-electron chi connectivity index (χ4n) is 0.792. The molecule has 6 N–H and O–H groups in total. The number of primary amides is 1. The number of amides is 3. The van der Waals surface area contributed by atoms with Crippen LogP contribution in [0.3, 0.4) is 0 Å². The summed E-state index contributed by atoms with van der Waals surface area (Å²) in [5.41, 5.74) is 10.4. The Bertz CT molecular complexity index is 206. The highest BCUT2D eigenvalue weighted by atomic mass is 16.2. The van der Waals surface area contributed by atoms with Gasteiger partial charge >= 0.3 is 6.03 Å². The third kappa shape index (κ3) is 5.36. The number of nitrogens with two attached hydrogens (primary N) is 2. The molecule has 0 heterocycles. The molecule has 0 unspecified atom stereocenters. The fourth-order valence-corrected chi connectivity index (χ4v) is 0.792. The van der Waals surface area contributed by atoms with Crippen molar-refractivity contribution in [2.24, 2.45) is 17.4 Å². The lowest BCUT2D eigenvalue weighted by molar-refractivity contribution is -0.123. The number of hydrogen-bond acceptors (Lipinski definition) is 3. The van der Waals surface area contributed by atoms with Crippen LogP contribution < -0.4 is 22.1 Å². The number of rotatable bonds is 5. The van der Waals surface area contributed by atoms with Gasteiger partial charge in [-0.1, -0.05) is 13.8 Å². The topological polar surface area (TPSA) is 110 Å². The van der Waals surface area contributed by atoms with Crippen LogP contribution in [-0.4, -0.2) is 31.1 Å². The molecule has 0 saturated heterocycles. The molecule has 0 aromatic heterocycles. The molecule has 14 heavy (non-hydrogen) atoms. The molecule has 6 heteroatoms. The first-order chi connectivity index (χ1) is 6.45. The Morgan fingerprint density at radius 3 is 2.14 bits per heavy atom. The minimum atomic E-state index is -0.604. The summed E-state index contributed by atoms with van der Waals surface area (Å²) in [6, 6.07) is -1.11. The number of carbonyl (C=O) groups excluding carboxylic acids is 2. The fraction of sp³-hybridized carbons (Fsp3) is 0.750. The predicted molar refractivity (Wildman–Crippen MR) is 53.4 cm³/mol. The molecule has 82 valence electrons. The van der Waals surface area contributed by atoms with E-state index in [2.05, 4.69) is 10.6 Å². The molecular weight excluding hydrogens is 184 g/mol. The summed E-state index contributed by atoms with van der Waals surface area (Å²) < 4.78 is 0. The molecule has 0 aromatic rings. The SMILES string of the molecule is CC(C)[C@@H](N)C(=O)NCCNC(N)=O. The smallest absolute Gasteiger partial charge is 0.312 e. The Kier molecular flexibility index (Phi) is 5.62. The van der Waals surface area contributed by atoms with Crippen molar-refractivity contribution in [1.29, 1.82) is 0 Å². The second-order valence-electron chi connectivity index (χ2n) is 3.35. The van der Waals surface area contributed by atoms with Crippen molar-refractivity contribution >= 4 is 11.9 Å². The maximum Gasteiger partial charge on any atom is 0.312 e. The van der Waals surface area contributed by atoms with Gasteiger partial charge in [-0.3, -0.25) is 4.79 Å². The van der Waals surface area contributed by atoms with Gasteiger partial charge in [0, 0.05) is 13.1 Å². The van der Waals surface area contributed by atoms with E-state index in [-0.39, 0.29) is 11.8 Å². The van der Waals surface area contributed by atoms with Gasteiger partial charge in [-0.05, 0) is 5.92 Å². The Morgan fingerprint density at radius 2 is 1.71 bits per heavy atom. The van der Waals surface area contributed by atoms with Gasteiger partial charge in [-0.15, -0.1) is 0 Å². The number of hydrogen-bond donors (Lipinski definition) is 4. The lowest BCUT2D eigenvalue weighted by atomic mass is 10.1. The van der Waals surface area contributed by atoms with Crippen LogP contribution in [0, 0.1) is 5.92 Å². The largest absolute Gasteiger partial charge is 0.353 e. The van der Waals surface area contributed by atoms with Crippen LogP contribution in [0.4, 0.5) is 4.79 Å². The summed E-state index contributed by atoms with van der Waals surface area (Å²) in [5, 5.41) is 4.94. The van der Waals surface area contributed by atoms with Crippen molar-refractivity contribution in [2.75, 3.05) is 13.1 Å². The van der Waals surface area contributed by atoms with Crippen molar-refractivity contribution < 1.29 is 9.59 Å². The van der Waals surface area contributed by atoms with Gasteiger partial charge in [0.25, 0.3) is 0 Å². The van der Waals surface area contributed by atoms with Gasteiger partial charge in [0.1, 0.15) is 0 Å². The molecule has 0 aliphatic heterocycles. The monoisotopic (exact) mass is 202 g/mol. The zero-order chi connectivity index (χ0) is 11.1. The molecular formula is C8H18N4O2. The summed E-state index contributed by atoms with van der Waals surface area (Å²) in [6.07, 6.45) is 0. The molecule has 6 nitrogen and oxygen atoms in total. The minimum absolute atomic E-state index is 0.0964. The van der Waals surface area contributed by atoms with Crippen LogP contribution in [-0.2, 0) is 4.79 Å². The van der Waals surface area contributed by atoms with Crippen LogP contribution in [0.25, 0.3) is 0 Å². The average Bonchev–Trinajstić information content (AvgIpc) is 2.10. The van der Waals surface area contributed by atoms with Crippen LogP contribution in [0.5, 0.6) is 0 Å². The third-order valence-corrected chi connectivity index (χ3v) is 1.74. The number of carbonyl (C=O) groups is 2. The van der Waals surface area contributed by atoms with Gasteiger partial charge in [-0.25, -0.2) is 4.79 Å². The minimum Gasteiger partial charge on any atom is -0.353 e. The van der Waals surface area contributed by atoms with Crippen molar-refractivity contribution in [3.8, 4) is 0 Å². The molecule has 0 aromatic carbocycles. The maximum absolute atomic E-state index is 11.2. The van der Waals surface area contributed by atoms with E-state index in [0.29, 0.717) is 13.1 Å². The van der Waals surface area contributed by atoms with Crippen LogP contribution in [0.15, 0.2) is 0 Å². The first kappa shape index (κ1) is 12.7. The number of nitrogens with one attached hydrogen (secondary N) is 2. The zero-order valence-electron chi connectivity index (χ0n) is 8.54. The highest BCUT2D eigenvalue weighted by Crippen LogP contribution is 1.96. The zero-order valence-corrected chi connectivity index (χ0v) is 8.54. The third-order valence-electron chi connectivity index (χ3n) is 1.74. The van der Waals surface area contributed by atoms with Crippen molar-refractivity contribution in [3.63, 3.8) is 0 Å². The van der Waals surface area contributed by atoms with E-state index in [1.54, 1.807) is 0 Å². The highest BCUT2D eigenvalue weighted by Gasteiger charge is 2.15. The van der Waals surface area contributed by atoms with E-state index >= 15 is 0 Å². The maximum atomic E-state index is 11.2. The standard InChI is InChI=1S/C8H18N4O2/c1-5(2)6(9)7(13)11-3-4-12-8(10)14/h5-6H,3-4,9H2,1-2H3,(H,11,13)(H3,10,12,14)/t6-/m1/s1. The molecule has 1 atom stereocenters. The Hall–Kier alpha value is -1.30. The molecule has 0 rings (SSSR count). The molecule has 0 aliphatic rings. The van der Waals surface area contributed by atoms with E-state index in [4.69, 9.17) is 11.5 Å². The molecule has 0 bridgehead atoms. The number of urea groups is 1. The molecule has 3 amide bonds. The van der Waals surface area contributed by atoms with E-state index in [0.717, 1.165) is 0 Å². The van der Waals surface area contributed by atoms with Gasteiger partial charge in [0.2, 0.25) is 5.91 Å². The quantitative estimate of drug-likeness (QED) is 0.418. The molecule has 0 saturated carbocycles. The van der Waals surface area contributed by atoms with Gasteiger partial charge in [0.15, 0.2) is 0 Å². The normalized spacial score (nSPS) is 12.3. The van der Waals surface area contributed by atoms with Crippen LogP contribution in [0.1, 0.15) is 13.8 Å². The average molecular weight is 202 g/mol. The Morgan fingerprint density at radius 1 is 1.21 bits per heavy atom. The summed E-state index contributed by atoms with van der Waals surface area (Å²) in [6.45, 7) is 4.38.